The molecule has 1 aromatic heterocycles. The molecule has 0 saturated carbocycles. The number of nitrogens with zero attached hydrogens (tertiary/aromatic N) is 5. The molecule has 196 valence electrons. The molecule has 0 atom stereocenters. The molecule has 0 N–H and O–H groups in total. The van der Waals surface area contributed by atoms with Crippen molar-refractivity contribution in [2.24, 2.45) is 0 Å². The van der Waals surface area contributed by atoms with Crippen LogP contribution < -0.4 is 9.64 Å². The summed E-state index contributed by atoms with van der Waals surface area (Å²) in [6, 6.07) is 28.4. The summed E-state index contributed by atoms with van der Waals surface area (Å²) in [6.45, 7) is 5.73. The van der Waals surface area contributed by atoms with Crippen LogP contribution in [0.5, 0.6) is 5.75 Å². The Hall–Kier alpha value is -3.78. The minimum Gasteiger partial charge on any atom is -0.492 e. The third-order valence-corrected chi connectivity index (χ3v) is 7.60. The molecule has 1 aliphatic rings. The van der Waals surface area contributed by atoms with Crippen LogP contribution in [0.4, 0.5) is 5.69 Å². The maximum Gasteiger partial charge on any atom is 0.222 e. The fourth-order valence-corrected chi connectivity index (χ4v) is 5.58. The van der Waals surface area contributed by atoms with Crippen LogP contribution in [0.15, 0.2) is 90.1 Å². The molecule has 8 heteroatoms. The van der Waals surface area contributed by atoms with Crippen molar-refractivity contribution in [3.8, 4) is 22.8 Å². The van der Waals surface area contributed by atoms with Crippen LogP contribution in [-0.2, 0) is 4.79 Å². The molecule has 0 spiro atoms. The smallest absolute Gasteiger partial charge is 0.222 e. The highest BCUT2D eigenvalue weighted by Crippen LogP contribution is 2.30. The van der Waals surface area contributed by atoms with Crippen molar-refractivity contribution in [1.29, 1.82) is 0 Å². The average molecular weight is 528 g/mol. The lowest BCUT2D eigenvalue weighted by atomic mass is 10.2. The van der Waals surface area contributed by atoms with E-state index in [1.54, 1.807) is 11.8 Å². The summed E-state index contributed by atoms with van der Waals surface area (Å²) in [5, 5.41) is 9.84. The van der Waals surface area contributed by atoms with Crippen LogP contribution in [0.3, 0.4) is 0 Å². The quantitative estimate of drug-likeness (QED) is 0.199. The summed E-state index contributed by atoms with van der Waals surface area (Å²) in [5.74, 6) is 2.75. The number of benzene rings is 3. The monoisotopic (exact) mass is 527 g/mol. The van der Waals surface area contributed by atoms with Crippen molar-refractivity contribution >= 4 is 23.4 Å². The second-order valence-corrected chi connectivity index (χ2v) is 10.1. The highest BCUT2D eigenvalue weighted by molar-refractivity contribution is 7.99. The zero-order valence-electron chi connectivity index (χ0n) is 21.7. The molecule has 0 radical (unpaired) electrons. The number of hydrogen-bond donors (Lipinski definition) is 0. The zero-order valence-corrected chi connectivity index (χ0v) is 22.5. The van der Waals surface area contributed by atoms with E-state index in [1.165, 1.54) is 0 Å². The van der Waals surface area contributed by atoms with E-state index in [0.29, 0.717) is 13.0 Å². The Balaban J connectivity index is 1.15. The van der Waals surface area contributed by atoms with E-state index in [-0.39, 0.29) is 5.91 Å². The Morgan fingerprint density at radius 2 is 1.55 bits per heavy atom. The van der Waals surface area contributed by atoms with Crippen molar-refractivity contribution < 1.29 is 9.53 Å². The molecule has 0 unspecified atom stereocenters. The third kappa shape index (κ3) is 6.02. The maximum atomic E-state index is 12.9. The lowest BCUT2D eigenvalue weighted by Gasteiger charge is -2.36. The topological polar surface area (TPSA) is 63.5 Å². The number of hydrogen-bond acceptors (Lipinski definition) is 6. The first-order chi connectivity index (χ1) is 18.7. The molecule has 2 heterocycles. The van der Waals surface area contributed by atoms with E-state index < -0.39 is 0 Å². The Labute approximate surface area is 228 Å². The Morgan fingerprint density at radius 3 is 2.29 bits per heavy atom. The van der Waals surface area contributed by atoms with E-state index in [9.17, 15) is 4.79 Å². The fourth-order valence-electron chi connectivity index (χ4n) is 4.69. The second-order valence-electron chi connectivity index (χ2n) is 9.06. The number of anilines is 1. The maximum absolute atomic E-state index is 12.9. The number of rotatable bonds is 10. The molecule has 0 aliphatic carbocycles. The number of amides is 1. The van der Waals surface area contributed by atoms with E-state index in [1.807, 2.05) is 78.6 Å². The zero-order chi connectivity index (χ0) is 26.2. The van der Waals surface area contributed by atoms with Gasteiger partial charge in [0.1, 0.15) is 5.75 Å². The van der Waals surface area contributed by atoms with E-state index >= 15 is 0 Å². The van der Waals surface area contributed by atoms with Crippen LogP contribution in [0.25, 0.3) is 17.1 Å². The van der Waals surface area contributed by atoms with E-state index in [0.717, 1.165) is 72.0 Å². The minimum absolute atomic E-state index is 0.220. The number of piperazine rings is 1. The van der Waals surface area contributed by atoms with E-state index in [2.05, 4.69) is 37.9 Å². The van der Waals surface area contributed by atoms with Gasteiger partial charge in [-0.2, -0.15) is 0 Å². The number of thioether (sulfide) groups is 1. The average Bonchev–Trinajstić information content (AvgIpc) is 3.41. The summed E-state index contributed by atoms with van der Waals surface area (Å²) >= 11 is 1.65. The fraction of sp³-hybridized carbons (Fsp3) is 0.300. The number of ether oxygens (including phenoxy) is 1. The largest absolute Gasteiger partial charge is 0.492 e. The van der Waals surface area contributed by atoms with Gasteiger partial charge in [0.25, 0.3) is 0 Å². The van der Waals surface area contributed by atoms with Gasteiger partial charge in [0.05, 0.1) is 12.3 Å². The van der Waals surface area contributed by atoms with Gasteiger partial charge >= 0.3 is 0 Å². The van der Waals surface area contributed by atoms with Gasteiger partial charge in [-0.05, 0) is 37.6 Å². The van der Waals surface area contributed by atoms with Gasteiger partial charge in [0.15, 0.2) is 11.0 Å². The normalized spacial score (nSPS) is 13.5. The van der Waals surface area contributed by atoms with Gasteiger partial charge in [0.2, 0.25) is 5.91 Å². The van der Waals surface area contributed by atoms with Crippen LogP contribution in [0.1, 0.15) is 19.8 Å². The van der Waals surface area contributed by atoms with Crippen molar-refractivity contribution in [3.05, 3.63) is 84.9 Å². The number of para-hydroxylation sites is 3. The highest BCUT2D eigenvalue weighted by Gasteiger charge is 2.23. The van der Waals surface area contributed by atoms with Gasteiger partial charge < -0.3 is 14.5 Å². The summed E-state index contributed by atoms with van der Waals surface area (Å²) in [4.78, 5) is 17.2. The van der Waals surface area contributed by atoms with Gasteiger partial charge in [0, 0.05) is 49.6 Å². The molecule has 1 fully saturated rings. The molecule has 5 rings (SSSR count). The Morgan fingerprint density at radius 1 is 0.868 bits per heavy atom. The van der Waals surface area contributed by atoms with Crippen molar-refractivity contribution in [2.75, 3.05) is 43.4 Å². The minimum atomic E-state index is 0.220. The molecule has 3 aromatic carbocycles. The first kappa shape index (κ1) is 25.9. The molecule has 1 aliphatic heterocycles. The molecule has 7 nitrogen and oxygen atoms in total. The predicted octanol–water partition coefficient (Wildman–Crippen LogP) is 5.55. The Bertz CT molecular complexity index is 1320. The van der Waals surface area contributed by atoms with Gasteiger partial charge in [-0.25, -0.2) is 0 Å². The standard InChI is InChI=1S/C30H33N5O2S/c1-2-37-27-17-10-9-16-26(27)33-19-21-34(22-20-33)28(36)18-11-23-38-30-32-31-29(24-12-5-3-6-13-24)35(30)25-14-7-4-8-15-25/h3-10,12-17H,2,11,18-23H2,1H3. The summed E-state index contributed by atoms with van der Waals surface area (Å²) in [6.07, 6.45) is 1.33. The third-order valence-electron chi connectivity index (χ3n) is 6.58. The highest BCUT2D eigenvalue weighted by atomic mass is 32.2. The molecular weight excluding hydrogens is 494 g/mol. The lowest BCUT2D eigenvalue weighted by molar-refractivity contribution is -0.131. The van der Waals surface area contributed by atoms with Crippen LogP contribution in [-0.4, -0.2) is 64.1 Å². The summed E-state index contributed by atoms with van der Waals surface area (Å²) < 4.78 is 7.89. The van der Waals surface area contributed by atoms with Crippen molar-refractivity contribution in [3.63, 3.8) is 0 Å². The van der Waals surface area contributed by atoms with Crippen LogP contribution in [0, 0.1) is 0 Å². The predicted molar refractivity (Wildman–Crippen MR) is 153 cm³/mol. The number of carbonyl (C=O) groups excluding carboxylic acids is 1. The van der Waals surface area contributed by atoms with Gasteiger partial charge in [-0.1, -0.05) is 72.4 Å². The van der Waals surface area contributed by atoms with Gasteiger partial charge in [-0.3, -0.25) is 9.36 Å². The first-order valence-corrected chi connectivity index (χ1v) is 14.2. The van der Waals surface area contributed by atoms with Crippen molar-refractivity contribution in [1.82, 2.24) is 19.7 Å². The van der Waals surface area contributed by atoms with Crippen LogP contribution in [0.2, 0.25) is 0 Å². The number of aromatic nitrogens is 3. The van der Waals surface area contributed by atoms with Crippen molar-refractivity contribution in [2.45, 2.75) is 24.9 Å². The van der Waals surface area contributed by atoms with Gasteiger partial charge in [-0.15, -0.1) is 10.2 Å². The molecule has 0 bridgehead atoms. The summed E-state index contributed by atoms with van der Waals surface area (Å²) in [7, 11) is 0. The SMILES string of the molecule is CCOc1ccccc1N1CCN(C(=O)CCCSc2nnc(-c3ccccc3)n2-c2ccccc2)CC1. The lowest BCUT2D eigenvalue weighted by Crippen LogP contribution is -2.48. The first-order valence-electron chi connectivity index (χ1n) is 13.2. The molecule has 4 aromatic rings. The molecular formula is C30H33N5O2S. The Kier molecular flexibility index (Phi) is 8.60. The molecule has 1 amide bonds. The summed E-state index contributed by atoms with van der Waals surface area (Å²) in [5.41, 5.74) is 3.16. The second kappa shape index (κ2) is 12.6. The van der Waals surface area contributed by atoms with E-state index in [4.69, 9.17) is 4.74 Å². The molecule has 1 saturated heterocycles. The van der Waals surface area contributed by atoms with Crippen LogP contribution >= 0.6 is 11.8 Å². The number of carbonyl (C=O) groups is 1. The molecule has 38 heavy (non-hydrogen) atoms.